The van der Waals surface area contributed by atoms with Crippen LogP contribution in [0.25, 0.3) is 0 Å². The molecule has 9 heteroatoms. The van der Waals surface area contributed by atoms with E-state index in [1.807, 2.05) is 6.92 Å². The second-order valence-corrected chi connectivity index (χ2v) is 12.5. The number of rotatable bonds is 11. The first-order valence-electron chi connectivity index (χ1n) is 12.2. The third kappa shape index (κ3) is 7.37. The molecule has 3 aromatic carbocycles. The zero-order valence-corrected chi connectivity index (χ0v) is 24.2. The van der Waals surface area contributed by atoms with Gasteiger partial charge < -0.3 is 9.64 Å². The molecule has 0 saturated heterocycles. The summed E-state index contributed by atoms with van der Waals surface area (Å²) in [5.41, 5.74) is 0.926. The van der Waals surface area contributed by atoms with E-state index in [2.05, 4.69) is 0 Å². The fourth-order valence-electron chi connectivity index (χ4n) is 3.96. The van der Waals surface area contributed by atoms with Gasteiger partial charge in [-0.25, -0.2) is 8.42 Å². The monoisotopic (exact) mass is 575 g/mol. The average Bonchev–Trinajstić information content (AvgIpc) is 2.87. The average molecular weight is 577 g/mol. The van der Waals surface area contributed by atoms with E-state index in [0.717, 1.165) is 11.1 Å². The van der Waals surface area contributed by atoms with Crippen molar-refractivity contribution < 1.29 is 22.7 Å². The number of sulfone groups is 1. The van der Waals surface area contributed by atoms with Crippen molar-refractivity contribution in [3.8, 4) is 5.75 Å². The minimum Gasteiger partial charge on any atom is -0.478 e. The first-order chi connectivity index (χ1) is 17.9. The maximum atomic E-state index is 13.3. The molecule has 0 fully saturated rings. The fourth-order valence-corrected chi connectivity index (χ4v) is 5.36. The molecule has 0 aliphatic rings. The molecule has 3 rings (SSSR count). The van der Waals surface area contributed by atoms with Crippen molar-refractivity contribution in [3.63, 3.8) is 0 Å². The molecule has 0 radical (unpaired) electrons. The van der Waals surface area contributed by atoms with Crippen LogP contribution in [-0.2, 0) is 32.3 Å². The summed E-state index contributed by atoms with van der Waals surface area (Å²) in [5, 5.41) is 0.858. The molecule has 0 bridgehead atoms. The van der Waals surface area contributed by atoms with E-state index in [-0.39, 0.29) is 35.2 Å². The SMILES string of the molecule is CCN(C(=O)C(C)(C)Oc1ccc(CC(=O)Cc2ccc(S(=O)(=O)CC)cc2)cc1)c1ccc(Cl)cc1Cl. The highest BCUT2D eigenvalue weighted by molar-refractivity contribution is 7.91. The Morgan fingerprint density at radius 1 is 0.868 bits per heavy atom. The van der Waals surface area contributed by atoms with Crippen LogP contribution in [0.15, 0.2) is 71.6 Å². The van der Waals surface area contributed by atoms with Crippen LogP contribution in [-0.4, -0.2) is 38.0 Å². The van der Waals surface area contributed by atoms with Gasteiger partial charge in [-0.15, -0.1) is 0 Å². The van der Waals surface area contributed by atoms with Crippen molar-refractivity contribution in [2.45, 2.75) is 51.0 Å². The first kappa shape index (κ1) is 29.7. The molecule has 6 nitrogen and oxygen atoms in total. The number of halogens is 2. The Kier molecular flexibility index (Phi) is 9.63. The van der Waals surface area contributed by atoms with Gasteiger partial charge in [-0.05, 0) is 74.4 Å². The standard InChI is InChI=1S/C29H31Cl2NO5S/c1-5-32(27-16-11-22(30)19-26(27)31)28(34)29(3,4)37-24-12-7-20(8-13-24)17-23(33)18-21-9-14-25(15-10-21)38(35,36)6-2/h7-16,19H,5-6,17-18H2,1-4H3. The van der Waals surface area contributed by atoms with Crippen LogP contribution in [0.4, 0.5) is 5.69 Å². The summed E-state index contributed by atoms with van der Waals surface area (Å²) >= 11 is 12.3. The molecule has 0 aliphatic heterocycles. The minimum absolute atomic E-state index is 0.00120. The number of nitrogens with zero attached hydrogens (tertiary/aromatic N) is 1. The van der Waals surface area contributed by atoms with Gasteiger partial charge in [-0.2, -0.15) is 0 Å². The lowest BCUT2D eigenvalue weighted by Gasteiger charge is -2.32. The number of anilines is 1. The van der Waals surface area contributed by atoms with E-state index >= 15 is 0 Å². The van der Waals surface area contributed by atoms with E-state index in [4.69, 9.17) is 27.9 Å². The van der Waals surface area contributed by atoms with E-state index in [0.29, 0.717) is 28.0 Å². The molecule has 0 saturated carbocycles. The number of carbonyl (C=O) groups excluding carboxylic acids is 2. The fraction of sp³-hybridized carbons (Fsp3) is 0.310. The highest BCUT2D eigenvalue weighted by Crippen LogP contribution is 2.31. The lowest BCUT2D eigenvalue weighted by Crippen LogP contribution is -2.49. The van der Waals surface area contributed by atoms with Crippen LogP contribution in [0.1, 0.15) is 38.8 Å². The van der Waals surface area contributed by atoms with Gasteiger partial charge in [0.05, 0.1) is 21.4 Å². The summed E-state index contributed by atoms with van der Waals surface area (Å²) in [4.78, 5) is 27.8. The summed E-state index contributed by atoms with van der Waals surface area (Å²) < 4.78 is 30.0. The number of hydrogen-bond acceptors (Lipinski definition) is 5. The van der Waals surface area contributed by atoms with Crippen molar-refractivity contribution in [1.29, 1.82) is 0 Å². The summed E-state index contributed by atoms with van der Waals surface area (Å²) in [6.45, 7) is 7.23. The van der Waals surface area contributed by atoms with Crippen LogP contribution < -0.4 is 9.64 Å². The largest absolute Gasteiger partial charge is 0.478 e. The maximum absolute atomic E-state index is 13.3. The Hall–Kier alpha value is -2.87. The van der Waals surface area contributed by atoms with Crippen molar-refractivity contribution in [2.75, 3.05) is 17.2 Å². The first-order valence-corrected chi connectivity index (χ1v) is 14.7. The third-order valence-electron chi connectivity index (χ3n) is 6.04. The zero-order chi connectivity index (χ0) is 28.1. The molecule has 202 valence electrons. The highest BCUT2D eigenvalue weighted by Gasteiger charge is 2.35. The molecular formula is C29H31Cl2NO5S. The lowest BCUT2D eigenvalue weighted by atomic mass is 10.0. The smallest absolute Gasteiger partial charge is 0.270 e. The Morgan fingerprint density at radius 3 is 1.92 bits per heavy atom. The van der Waals surface area contributed by atoms with Gasteiger partial charge in [0.15, 0.2) is 15.4 Å². The number of likely N-dealkylation sites (N-methyl/N-ethyl adjacent to an activating group) is 1. The number of benzene rings is 3. The van der Waals surface area contributed by atoms with Gasteiger partial charge in [0.2, 0.25) is 0 Å². The van der Waals surface area contributed by atoms with Gasteiger partial charge in [-0.3, -0.25) is 9.59 Å². The van der Waals surface area contributed by atoms with Crippen LogP contribution in [0.2, 0.25) is 10.0 Å². The van der Waals surface area contributed by atoms with E-state index in [9.17, 15) is 18.0 Å². The number of hydrogen-bond donors (Lipinski definition) is 0. The quantitative estimate of drug-likeness (QED) is 0.266. The van der Waals surface area contributed by atoms with Crippen LogP contribution in [0.3, 0.4) is 0 Å². The molecule has 38 heavy (non-hydrogen) atoms. The number of Topliss-reactive ketones (excluding diaryl/α,β-unsaturated/α-hetero) is 1. The number of ketones is 1. The molecule has 0 aromatic heterocycles. The van der Waals surface area contributed by atoms with Gasteiger partial charge >= 0.3 is 0 Å². The zero-order valence-electron chi connectivity index (χ0n) is 21.8. The van der Waals surface area contributed by atoms with Gasteiger partial charge in [0.25, 0.3) is 5.91 Å². The van der Waals surface area contributed by atoms with Gasteiger partial charge in [0.1, 0.15) is 11.5 Å². The third-order valence-corrected chi connectivity index (χ3v) is 8.33. The molecule has 1 amide bonds. The molecule has 0 spiro atoms. The molecule has 0 N–H and O–H groups in total. The summed E-state index contributed by atoms with van der Waals surface area (Å²) in [7, 11) is -3.27. The van der Waals surface area contributed by atoms with E-state index in [1.165, 1.54) is 12.1 Å². The Morgan fingerprint density at radius 2 is 1.42 bits per heavy atom. The predicted molar refractivity (Wildman–Crippen MR) is 152 cm³/mol. The molecule has 0 unspecified atom stereocenters. The highest BCUT2D eigenvalue weighted by atomic mass is 35.5. The van der Waals surface area contributed by atoms with Crippen molar-refractivity contribution >= 4 is 50.4 Å². The normalized spacial score (nSPS) is 11.7. The second kappa shape index (κ2) is 12.3. The predicted octanol–water partition coefficient (Wildman–Crippen LogP) is 6.35. The lowest BCUT2D eigenvalue weighted by molar-refractivity contribution is -0.131. The van der Waals surface area contributed by atoms with Gasteiger partial charge in [-0.1, -0.05) is 54.4 Å². The molecular weight excluding hydrogens is 545 g/mol. The Labute approximate surface area is 234 Å². The topological polar surface area (TPSA) is 80.8 Å². The van der Waals surface area contributed by atoms with E-state index in [1.54, 1.807) is 80.3 Å². The molecule has 3 aromatic rings. The van der Waals surface area contributed by atoms with Crippen molar-refractivity contribution in [3.05, 3.63) is 87.9 Å². The summed E-state index contributed by atoms with van der Waals surface area (Å²) in [6.07, 6.45) is 0.419. The molecule has 0 heterocycles. The minimum atomic E-state index is -3.27. The number of carbonyl (C=O) groups is 2. The van der Waals surface area contributed by atoms with Crippen molar-refractivity contribution in [1.82, 2.24) is 0 Å². The Bertz CT molecular complexity index is 1400. The molecule has 0 aliphatic carbocycles. The van der Waals surface area contributed by atoms with E-state index < -0.39 is 15.4 Å². The number of ether oxygens (including phenoxy) is 1. The van der Waals surface area contributed by atoms with Crippen LogP contribution in [0.5, 0.6) is 5.75 Å². The Balaban J connectivity index is 1.63. The van der Waals surface area contributed by atoms with Crippen molar-refractivity contribution in [2.24, 2.45) is 0 Å². The number of amides is 1. The summed E-state index contributed by atoms with van der Waals surface area (Å²) in [6, 6.07) is 18.4. The van der Waals surface area contributed by atoms with Gasteiger partial charge in [0, 0.05) is 24.4 Å². The summed E-state index contributed by atoms with van der Waals surface area (Å²) in [5.74, 6) is 0.259. The maximum Gasteiger partial charge on any atom is 0.270 e. The second-order valence-electron chi connectivity index (χ2n) is 9.34. The van der Waals surface area contributed by atoms with Crippen LogP contribution in [0, 0.1) is 0 Å². The molecule has 0 atom stereocenters. The van der Waals surface area contributed by atoms with Crippen LogP contribution >= 0.6 is 23.2 Å².